The first-order valence-corrected chi connectivity index (χ1v) is 5.78. The Labute approximate surface area is 96.5 Å². The Kier molecular flexibility index (Phi) is 3.31. The second-order valence-corrected chi connectivity index (χ2v) is 4.01. The maximum Gasteiger partial charge on any atom is 0.313 e. The molecule has 0 aliphatic rings. The van der Waals surface area contributed by atoms with Gasteiger partial charge in [0.2, 0.25) is 0 Å². The molecule has 0 spiro atoms. The van der Waals surface area contributed by atoms with E-state index >= 15 is 0 Å². The van der Waals surface area contributed by atoms with Crippen molar-refractivity contribution in [2.75, 3.05) is 6.61 Å². The first-order chi connectivity index (χ1) is 7.79. The molecule has 2 aromatic heterocycles. The van der Waals surface area contributed by atoms with E-state index in [9.17, 15) is 4.79 Å². The molecule has 84 valence electrons. The van der Waals surface area contributed by atoms with Gasteiger partial charge in [-0.15, -0.1) is 11.3 Å². The van der Waals surface area contributed by atoms with Crippen LogP contribution in [0.15, 0.2) is 17.5 Å². The van der Waals surface area contributed by atoms with Gasteiger partial charge in [-0.05, 0) is 18.4 Å². The lowest BCUT2D eigenvalue weighted by Crippen LogP contribution is -2.08. The van der Waals surface area contributed by atoms with Gasteiger partial charge in [0.25, 0.3) is 0 Å². The summed E-state index contributed by atoms with van der Waals surface area (Å²) in [5.41, 5.74) is 0. The van der Waals surface area contributed by atoms with Gasteiger partial charge >= 0.3 is 5.97 Å². The maximum atomic E-state index is 11.2. The molecule has 0 radical (unpaired) electrons. The summed E-state index contributed by atoms with van der Waals surface area (Å²) in [6, 6.07) is 3.86. The monoisotopic (exact) mass is 237 g/mol. The number of carbonyl (C=O) groups is 1. The van der Waals surface area contributed by atoms with Gasteiger partial charge < -0.3 is 4.74 Å². The molecule has 0 saturated heterocycles. The highest BCUT2D eigenvalue weighted by molar-refractivity contribution is 7.13. The summed E-state index contributed by atoms with van der Waals surface area (Å²) in [6.07, 6.45) is 0.131. The summed E-state index contributed by atoms with van der Waals surface area (Å²) in [5.74, 6) is 0.854. The Morgan fingerprint density at radius 2 is 2.50 bits per heavy atom. The number of esters is 1. The van der Waals surface area contributed by atoms with Crippen LogP contribution in [0.4, 0.5) is 0 Å². The molecule has 2 heterocycles. The van der Waals surface area contributed by atoms with Crippen LogP contribution in [0.5, 0.6) is 0 Å². The van der Waals surface area contributed by atoms with E-state index in [1.54, 1.807) is 18.3 Å². The van der Waals surface area contributed by atoms with Crippen LogP contribution in [0.3, 0.4) is 0 Å². The molecule has 6 heteroatoms. The largest absolute Gasteiger partial charge is 0.466 e. The zero-order valence-corrected chi connectivity index (χ0v) is 9.58. The lowest BCUT2D eigenvalue weighted by Gasteiger charge is -1.97. The number of rotatable bonds is 4. The summed E-state index contributed by atoms with van der Waals surface area (Å²) in [6.45, 7) is 2.15. The quantitative estimate of drug-likeness (QED) is 0.821. The average molecular weight is 237 g/mol. The number of hydrogen-bond acceptors (Lipinski definition) is 5. The molecule has 0 aliphatic heterocycles. The van der Waals surface area contributed by atoms with E-state index in [0.717, 1.165) is 4.88 Å². The minimum Gasteiger partial charge on any atom is -0.466 e. The first kappa shape index (κ1) is 10.8. The van der Waals surface area contributed by atoms with Crippen LogP contribution in [0, 0.1) is 0 Å². The molecule has 0 aromatic carbocycles. The topological polar surface area (TPSA) is 67.9 Å². The van der Waals surface area contributed by atoms with Gasteiger partial charge in [-0.1, -0.05) is 6.07 Å². The van der Waals surface area contributed by atoms with E-state index in [1.165, 1.54) is 0 Å². The highest BCUT2D eigenvalue weighted by Crippen LogP contribution is 2.20. The number of carbonyl (C=O) groups excluding carboxylic acids is 1. The lowest BCUT2D eigenvalue weighted by molar-refractivity contribution is -0.142. The predicted octanol–water partition coefficient (Wildman–Crippen LogP) is 1.64. The zero-order valence-electron chi connectivity index (χ0n) is 8.77. The van der Waals surface area contributed by atoms with E-state index < -0.39 is 0 Å². The van der Waals surface area contributed by atoms with Crippen molar-refractivity contribution < 1.29 is 9.53 Å². The number of ether oxygens (including phenoxy) is 1. The molecule has 5 nitrogen and oxygen atoms in total. The Morgan fingerprint density at radius 3 is 3.19 bits per heavy atom. The van der Waals surface area contributed by atoms with Crippen molar-refractivity contribution in [1.29, 1.82) is 0 Å². The third-order valence-corrected chi connectivity index (χ3v) is 2.76. The van der Waals surface area contributed by atoms with Gasteiger partial charge in [0.15, 0.2) is 5.82 Å². The predicted molar refractivity (Wildman–Crippen MR) is 60.0 cm³/mol. The molecule has 0 aliphatic carbocycles. The fourth-order valence-electron chi connectivity index (χ4n) is 1.24. The van der Waals surface area contributed by atoms with Gasteiger partial charge in [-0.25, -0.2) is 4.98 Å². The zero-order chi connectivity index (χ0) is 11.4. The molecule has 16 heavy (non-hydrogen) atoms. The number of H-pyrrole nitrogens is 1. The minimum absolute atomic E-state index is 0.131. The second kappa shape index (κ2) is 4.89. The minimum atomic E-state index is -0.295. The van der Waals surface area contributed by atoms with Crippen LogP contribution in [0.25, 0.3) is 10.7 Å². The fraction of sp³-hybridized carbons (Fsp3) is 0.300. The van der Waals surface area contributed by atoms with Crippen molar-refractivity contribution in [3.8, 4) is 10.7 Å². The molecule has 1 N–H and O–H groups in total. The highest BCUT2D eigenvalue weighted by atomic mass is 32.1. The maximum absolute atomic E-state index is 11.2. The molecule has 0 unspecified atom stereocenters. The normalized spacial score (nSPS) is 10.3. The number of hydrogen-bond donors (Lipinski definition) is 1. The van der Waals surface area contributed by atoms with E-state index in [2.05, 4.69) is 15.2 Å². The SMILES string of the molecule is CCOC(=O)Cc1nc(-c2cccs2)n[nH]1. The Hall–Kier alpha value is -1.69. The first-order valence-electron chi connectivity index (χ1n) is 4.90. The number of nitrogens with one attached hydrogen (secondary N) is 1. The number of thiophene rings is 1. The second-order valence-electron chi connectivity index (χ2n) is 3.06. The summed E-state index contributed by atoms with van der Waals surface area (Å²) >= 11 is 1.56. The van der Waals surface area contributed by atoms with Crippen LogP contribution < -0.4 is 0 Å². The molecule has 0 fully saturated rings. The van der Waals surface area contributed by atoms with Crippen LogP contribution in [-0.4, -0.2) is 27.8 Å². The Balaban J connectivity index is 2.06. The van der Waals surface area contributed by atoms with Crippen molar-refractivity contribution in [2.24, 2.45) is 0 Å². The van der Waals surface area contributed by atoms with Gasteiger partial charge in [-0.2, -0.15) is 5.10 Å². The summed E-state index contributed by atoms with van der Waals surface area (Å²) in [4.78, 5) is 16.4. The van der Waals surface area contributed by atoms with Crippen LogP contribution >= 0.6 is 11.3 Å². The van der Waals surface area contributed by atoms with Crippen LogP contribution in [0.1, 0.15) is 12.7 Å². The highest BCUT2D eigenvalue weighted by Gasteiger charge is 2.10. The van der Waals surface area contributed by atoms with Crippen LogP contribution in [-0.2, 0) is 16.0 Å². The van der Waals surface area contributed by atoms with Crippen molar-refractivity contribution in [2.45, 2.75) is 13.3 Å². The Bertz CT molecular complexity index is 464. The van der Waals surface area contributed by atoms with E-state index in [0.29, 0.717) is 18.3 Å². The van der Waals surface area contributed by atoms with Crippen LogP contribution in [0.2, 0.25) is 0 Å². The standard InChI is InChI=1S/C10H11N3O2S/c1-2-15-9(14)6-8-11-10(13-12-8)7-4-3-5-16-7/h3-5H,2,6H2,1H3,(H,11,12,13). The molecular formula is C10H11N3O2S. The van der Waals surface area contributed by atoms with Gasteiger partial charge in [0, 0.05) is 0 Å². The summed E-state index contributed by atoms with van der Waals surface area (Å²) in [7, 11) is 0. The molecule has 2 aromatic rings. The molecule has 0 amide bonds. The molecule has 0 saturated carbocycles. The van der Waals surface area contributed by atoms with Crippen molar-refractivity contribution in [1.82, 2.24) is 15.2 Å². The lowest BCUT2D eigenvalue weighted by atomic mass is 10.4. The third-order valence-electron chi connectivity index (χ3n) is 1.89. The Morgan fingerprint density at radius 1 is 1.62 bits per heavy atom. The van der Waals surface area contributed by atoms with Gasteiger partial charge in [-0.3, -0.25) is 9.89 Å². The number of aromatic nitrogens is 3. The van der Waals surface area contributed by atoms with E-state index in [-0.39, 0.29) is 12.4 Å². The average Bonchev–Trinajstić information content (AvgIpc) is 2.86. The summed E-state index contributed by atoms with van der Waals surface area (Å²) < 4.78 is 4.82. The fourth-order valence-corrected chi connectivity index (χ4v) is 1.90. The van der Waals surface area contributed by atoms with Crippen molar-refractivity contribution in [3.05, 3.63) is 23.3 Å². The smallest absolute Gasteiger partial charge is 0.313 e. The van der Waals surface area contributed by atoms with E-state index in [4.69, 9.17) is 4.74 Å². The third kappa shape index (κ3) is 2.46. The van der Waals surface area contributed by atoms with E-state index in [1.807, 2.05) is 17.5 Å². The molecule has 2 rings (SSSR count). The number of nitrogens with zero attached hydrogens (tertiary/aromatic N) is 2. The summed E-state index contributed by atoms with van der Waals surface area (Å²) in [5, 5.41) is 8.72. The van der Waals surface area contributed by atoms with Gasteiger partial charge in [0.1, 0.15) is 12.2 Å². The molecular weight excluding hydrogens is 226 g/mol. The van der Waals surface area contributed by atoms with Gasteiger partial charge in [0.05, 0.1) is 11.5 Å². The number of aromatic amines is 1. The van der Waals surface area contributed by atoms with Crippen molar-refractivity contribution >= 4 is 17.3 Å². The molecule has 0 atom stereocenters. The van der Waals surface area contributed by atoms with Crippen molar-refractivity contribution in [3.63, 3.8) is 0 Å². The molecule has 0 bridgehead atoms.